The number of carbonyl (C=O) groups excluding carboxylic acids is 1. The maximum atomic E-state index is 12.1. The lowest BCUT2D eigenvalue weighted by atomic mass is 10.2. The van der Waals surface area contributed by atoms with Gasteiger partial charge in [0.25, 0.3) is 5.91 Å². The van der Waals surface area contributed by atoms with Crippen molar-refractivity contribution < 1.29 is 4.79 Å². The summed E-state index contributed by atoms with van der Waals surface area (Å²) in [6.45, 7) is 2.65. The number of nitriles is 1. The molecule has 2 heterocycles. The van der Waals surface area contributed by atoms with E-state index < -0.39 is 0 Å². The van der Waals surface area contributed by atoms with Crippen LogP contribution < -0.4 is 0 Å². The summed E-state index contributed by atoms with van der Waals surface area (Å²) in [7, 11) is 0. The summed E-state index contributed by atoms with van der Waals surface area (Å²) in [6, 6.07) is 3.90. The van der Waals surface area contributed by atoms with Gasteiger partial charge in [0.1, 0.15) is 6.04 Å². The number of nitrogens with zero attached hydrogens (tertiary/aromatic N) is 2. The molecule has 1 aliphatic heterocycles. The van der Waals surface area contributed by atoms with Gasteiger partial charge in [0.05, 0.1) is 10.9 Å². The largest absolute Gasteiger partial charge is 0.322 e. The molecular formula is C11H12N2OS. The molecule has 0 bridgehead atoms. The van der Waals surface area contributed by atoms with Crippen LogP contribution in [0.25, 0.3) is 0 Å². The molecule has 1 fully saturated rings. The van der Waals surface area contributed by atoms with Crippen LogP contribution in [-0.2, 0) is 0 Å². The van der Waals surface area contributed by atoms with Gasteiger partial charge < -0.3 is 4.90 Å². The molecule has 4 heteroatoms. The monoisotopic (exact) mass is 220 g/mol. The van der Waals surface area contributed by atoms with Gasteiger partial charge >= 0.3 is 0 Å². The molecule has 15 heavy (non-hydrogen) atoms. The number of amides is 1. The third-order valence-electron chi connectivity index (χ3n) is 2.72. The summed E-state index contributed by atoms with van der Waals surface area (Å²) < 4.78 is 0. The Morgan fingerprint density at radius 2 is 2.53 bits per heavy atom. The predicted molar refractivity (Wildman–Crippen MR) is 58.7 cm³/mol. The van der Waals surface area contributed by atoms with E-state index in [2.05, 4.69) is 6.07 Å². The summed E-state index contributed by atoms with van der Waals surface area (Å²) >= 11 is 1.46. The highest BCUT2D eigenvalue weighted by atomic mass is 32.1. The highest BCUT2D eigenvalue weighted by Crippen LogP contribution is 2.23. The van der Waals surface area contributed by atoms with Gasteiger partial charge in [0.2, 0.25) is 0 Å². The third kappa shape index (κ3) is 1.75. The van der Waals surface area contributed by atoms with Gasteiger partial charge in [0, 0.05) is 6.54 Å². The first-order valence-electron chi connectivity index (χ1n) is 4.98. The van der Waals surface area contributed by atoms with Crippen LogP contribution in [-0.4, -0.2) is 23.4 Å². The van der Waals surface area contributed by atoms with E-state index in [9.17, 15) is 4.79 Å². The number of likely N-dealkylation sites (tertiary alicyclic amines) is 1. The van der Waals surface area contributed by atoms with Gasteiger partial charge in [-0.3, -0.25) is 4.79 Å². The number of carbonyl (C=O) groups is 1. The number of hydrogen-bond acceptors (Lipinski definition) is 3. The van der Waals surface area contributed by atoms with E-state index in [0.717, 1.165) is 23.3 Å². The van der Waals surface area contributed by atoms with Gasteiger partial charge in [-0.05, 0) is 36.8 Å². The second-order valence-electron chi connectivity index (χ2n) is 3.72. The van der Waals surface area contributed by atoms with Crippen LogP contribution in [0, 0.1) is 18.3 Å². The average molecular weight is 220 g/mol. The van der Waals surface area contributed by atoms with Crippen molar-refractivity contribution in [2.75, 3.05) is 6.54 Å². The normalized spacial score (nSPS) is 20.3. The van der Waals surface area contributed by atoms with E-state index in [1.807, 2.05) is 18.4 Å². The fourth-order valence-corrected chi connectivity index (χ4v) is 2.75. The Morgan fingerprint density at radius 1 is 1.73 bits per heavy atom. The van der Waals surface area contributed by atoms with Crippen LogP contribution in [0.1, 0.15) is 28.1 Å². The maximum absolute atomic E-state index is 12.1. The van der Waals surface area contributed by atoms with Crippen molar-refractivity contribution in [1.29, 1.82) is 5.26 Å². The molecule has 2 rings (SSSR count). The number of rotatable bonds is 1. The fraction of sp³-hybridized carbons (Fsp3) is 0.455. The zero-order chi connectivity index (χ0) is 10.8. The van der Waals surface area contributed by atoms with Crippen molar-refractivity contribution in [2.45, 2.75) is 25.8 Å². The summed E-state index contributed by atoms with van der Waals surface area (Å²) in [4.78, 5) is 14.6. The lowest BCUT2D eigenvalue weighted by Crippen LogP contribution is -2.34. The zero-order valence-electron chi connectivity index (χ0n) is 8.56. The van der Waals surface area contributed by atoms with Crippen molar-refractivity contribution in [1.82, 2.24) is 4.90 Å². The minimum Gasteiger partial charge on any atom is -0.322 e. The van der Waals surface area contributed by atoms with Gasteiger partial charge in [-0.25, -0.2) is 0 Å². The van der Waals surface area contributed by atoms with Crippen LogP contribution in [0.5, 0.6) is 0 Å². The summed E-state index contributed by atoms with van der Waals surface area (Å²) in [5.41, 5.74) is 1.01. The van der Waals surface area contributed by atoms with Crippen LogP contribution in [0.2, 0.25) is 0 Å². The van der Waals surface area contributed by atoms with E-state index >= 15 is 0 Å². The molecule has 1 aliphatic rings. The van der Waals surface area contributed by atoms with E-state index in [4.69, 9.17) is 5.26 Å². The first kappa shape index (κ1) is 10.2. The molecular weight excluding hydrogens is 208 g/mol. The fourth-order valence-electron chi connectivity index (χ4n) is 1.87. The van der Waals surface area contributed by atoms with E-state index in [0.29, 0.717) is 6.54 Å². The Balaban J connectivity index is 2.22. The topological polar surface area (TPSA) is 44.1 Å². The first-order valence-corrected chi connectivity index (χ1v) is 5.86. The van der Waals surface area contributed by atoms with Crippen molar-refractivity contribution in [2.24, 2.45) is 0 Å². The average Bonchev–Trinajstić information content (AvgIpc) is 2.84. The molecule has 1 amide bonds. The van der Waals surface area contributed by atoms with Crippen LogP contribution in [0.15, 0.2) is 11.4 Å². The molecule has 0 N–H and O–H groups in total. The predicted octanol–water partition coefficient (Wildman–Crippen LogP) is 2.18. The molecule has 1 atom stereocenters. The van der Waals surface area contributed by atoms with Gasteiger partial charge in [0.15, 0.2) is 0 Å². The van der Waals surface area contributed by atoms with Crippen LogP contribution >= 0.6 is 11.3 Å². The number of aryl methyl sites for hydroxylation is 1. The third-order valence-corrected chi connectivity index (χ3v) is 3.72. The second-order valence-corrected chi connectivity index (χ2v) is 4.63. The molecule has 0 saturated carbocycles. The molecule has 0 aliphatic carbocycles. The molecule has 1 saturated heterocycles. The minimum atomic E-state index is -0.223. The Hall–Kier alpha value is -1.34. The molecule has 1 aromatic rings. The van der Waals surface area contributed by atoms with Crippen LogP contribution in [0.3, 0.4) is 0 Å². The Morgan fingerprint density at radius 3 is 3.13 bits per heavy atom. The smallest absolute Gasteiger partial charge is 0.265 e. The zero-order valence-corrected chi connectivity index (χ0v) is 9.38. The Kier molecular flexibility index (Phi) is 2.74. The highest BCUT2D eigenvalue weighted by Gasteiger charge is 2.30. The Bertz CT molecular complexity index is 418. The summed E-state index contributed by atoms with van der Waals surface area (Å²) in [5, 5.41) is 10.8. The summed E-state index contributed by atoms with van der Waals surface area (Å²) in [5.74, 6) is 0.0200. The van der Waals surface area contributed by atoms with Gasteiger partial charge in [-0.1, -0.05) is 0 Å². The van der Waals surface area contributed by atoms with Gasteiger partial charge in [-0.15, -0.1) is 11.3 Å². The lowest BCUT2D eigenvalue weighted by Gasteiger charge is -2.18. The van der Waals surface area contributed by atoms with E-state index in [-0.39, 0.29) is 11.9 Å². The number of hydrogen-bond donors (Lipinski definition) is 0. The van der Waals surface area contributed by atoms with Gasteiger partial charge in [-0.2, -0.15) is 5.26 Å². The molecule has 0 radical (unpaired) electrons. The molecule has 3 nitrogen and oxygen atoms in total. The van der Waals surface area contributed by atoms with Crippen molar-refractivity contribution >= 4 is 17.2 Å². The number of thiophene rings is 1. The van der Waals surface area contributed by atoms with Crippen molar-refractivity contribution in [3.05, 3.63) is 21.9 Å². The van der Waals surface area contributed by atoms with E-state index in [1.165, 1.54) is 11.3 Å². The molecule has 1 aromatic heterocycles. The maximum Gasteiger partial charge on any atom is 0.265 e. The highest BCUT2D eigenvalue weighted by molar-refractivity contribution is 7.12. The minimum absolute atomic E-state index is 0.0200. The van der Waals surface area contributed by atoms with E-state index in [1.54, 1.807) is 4.90 Å². The second kappa shape index (κ2) is 4.03. The SMILES string of the molecule is Cc1ccsc1C(=O)N1CCCC1C#N. The molecule has 0 spiro atoms. The standard InChI is InChI=1S/C11H12N2OS/c1-8-4-6-15-10(8)11(14)13-5-2-3-9(13)7-12/h4,6,9H,2-3,5H2,1H3. The molecule has 1 unspecified atom stereocenters. The van der Waals surface area contributed by atoms with Crippen molar-refractivity contribution in [3.63, 3.8) is 0 Å². The lowest BCUT2D eigenvalue weighted by molar-refractivity contribution is 0.0769. The molecule has 78 valence electrons. The molecule has 0 aromatic carbocycles. The summed E-state index contributed by atoms with van der Waals surface area (Å²) in [6.07, 6.45) is 1.75. The van der Waals surface area contributed by atoms with Crippen molar-refractivity contribution in [3.8, 4) is 6.07 Å². The Labute approximate surface area is 92.9 Å². The van der Waals surface area contributed by atoms with Crippen LogP contribution in [0.4, 0.5) is 0 Å². The first-order chi connectivity index (χ1) is 7.24. The quantitative estimate of drug-likeness (QED) is 0.728.